The molecular weight excluding hydrogens is 282 g/mol. The van der Waals surface area contributed by atoms with Gasteiger partial charge in [-0.2, -0.15) is 5.10 Å². The molecule has 6 heteroatoms. The average molecular weight is 301 g/mol. The van der Waals surface area contributed by atoms with Gasteiger partial charge in [-0.25, -0.2) is 4.68 Å². The maximum absolute atomic E-state index is 11.8. The highest BCUT2D eigenvalue weighted by molar-refractivity contribution is 5.76. The predicted molar refractivity (Wildman–Crippen MR) is 82.8 cm³/mol. The Bertz CT molecular complexity index is 665. The van der Waals surface area contributed by atoms with E-state index >= 15 is 0 Å². The number of methoxy groups -OCH3 is 1. The predicted octanol–water partition coefficient (Wildman–Crippen LogP) is 1.00. The largest absolute Gasteiger partial charge is 0.497 e. The van der Waals surface area contributed by atoms with E-state index in [1.165, 1.54) is 10.7 Å². The van der Waals surface area contributed by atoms with Crippen molar-refractivity contribution in [3.8, 4) is 5.75 Å². The second-order valence-electron chi connectivity index (χ2n) is 4.78. The van der Waals surface area contributed by atoms with Crippen LogP contribution in [0.2, 0.25) is 0 Å². The fourth-order valence-corrected chi connectivity index (χ4v) is 1.99. The molecule has 1 aromatic heterocycles. The minimum absolute atomic E-state index is 0.0419. The Balaban J connectivity index is 1.71. The van der Waals surface area contributed by atoms with Gasteiger partial charge in [0.25, 0.3) is 5.56 Å². The van der Waals surface area contributed by atoms with E-state index in [0.717, 1.165) is 11.3 Å². The van der Waals surface area contributed by atoms with Crippen molar-refractivity contribution in [2.75, 3.05) is 13.7 Å². The zero-order chi connectivity index (χ0) is 15.8. The summed E-state index contributed by atoms with van der Waals surface area (Å²) in [4.78, 5) is 23.2. The third-order valence-corrected chi connectivity index (χ3v) is 3.23. The summed E-state index contributed by atoms with van der Waals surface area (Å²) in [6.07, 6.45) is 2.62. The quantitative estimate of drug-likeness (QED) is 0.828. The number of ether oxygens (including phenoxy) is 1. The lowest BCUT2D eigenvalue weighted by Crippen LogP contribution is -2.31. The molecule has 2 aromatic rings. The molecule has 0 radical (unpaired) electrons. The van der Waals surface area contributed by atoms with Crippen molar-refractivity contribution in [2.45, 2.75) is 19.4 Å². The number of benzene rings is 1. The molecule has 0 saturated heterocycles. The molecule has 6 nitrogen and oxygen atoms in total. The first kappa shape index (κ1) is 15.8. The highest BCUT2D eigenvalue weighted by Gasteiger charge is 2.03. The SMILES string of the molecule is COc1ccc(CCC(=O)NCCn2ncccc2=O)cc1. The van der Waals surface area contributed by atoms with E-state index in [4.69, 9.17) is 4.74 Å². The first-order valence-electron chi connectivity index (χ1n) is 7.11. The zero-order valence-electron chi connectivity index (χ0n) is 12.5. The van der Waals surface area contributed by atoms with Gasteiger partial charge in [-0.05, 0) is 30.2 Å². The molecule has 1 N–H and O–H groups in total. The topological polar surface area (TPSA) is 73.2 Å². The number of nitrogens with one attached hydrogen (secondary N) is 1. The van der Waals surface area contributed by atoms with Crippen LogP contribution in [0.4, 0.5) is 0 Å². The van der Waals surface area contributed by atoms with Crippen LogP contribution in [0.25, 0.3) is 0 Å². The lowest BCUT2D eigenvalue weighted by molar-refractivity contribution is -0.121. The Morgan fingerprint density at radius 2 is 2.05 bits per heavy atom. The van der Waals surface area contributed by atoms with E-state index in [1.54, 1.807) is 19.4 Å². The molecule has 0 atom stereocenters. The van der Waals surface area contributed by atoms with Crippen LogP contribution < -0.4 is 15.6 Å². The van der Waals surface area contributed by atoms with Gasteiger partial charge < -0.3 is 10.1 Å². The van der Waals surface area contributed by atoms with E-state index in [2.05, 4.69) is 10.4 Å². The maximum atomic E-state index is 11.8. The molecular formula is C16H19N3O3. The lowest BCUT2D eigenvalue weighted by atomic mass is 10.1. The average Bonchev–Trinajstić information content (AvgIpc) is 2.55. The van der Waals surface area contributed by atoms with Crippen LogP contribution >= 0.6 is 0 Å². The number of aromatic nitrogens is 2. The molecule has 0 saturated carbocycles. The zero-order valence-corrected chi connectivity index (χ0v) is 12.5. The molecule has 116 valence electrons. The van der Waals surface area contributed by atoms with Gasteiger partial charge in [-0.3, -0.25) is 9.59 Å². The van der Waals surface area contributed by atoms with E-state index in [0.29, 0.717) is 25.9 Å². The van der Waals surface area contributed by atoms with Gasteiger partial charge in [0.1, 0.15) is 5.75 Å². The van der Waals surface area contributed by atoms with Crippen molar-refractivity contribution in [3.63, 3.8) is 0 Å². The molecule has 1 amide bonds. The maximum Gasteiger partial charge on any atom is 0.266 e. The fourth-order valence-electron chi connectivity index (χ4n) is 1.99. The van der Waals surface area contributed by atoms with E-state index < -0.39 is 0 Å². The molecule has 1 heterocycles. The molecule has 0 fully saturated rings. The first-order chi connectivity index (χ1) is 10.7. The van der Waals surface area contributed by atoms with E-state index in [1.807, 2.05) is 24.3 Å². The number of hydrogen-bond donors (Lipinski definition) is 1. The van der Waals surface area contributed by atoms with Gasteiger partial charge in [0.2, 0.25) is 5.91 Å². The summed E-state index contributed by atoms with van der Waals surface area (Å²) in [6, 6.07) is 10.7. The third-order valence-electron chi connectivity index (χ3n) is 3.23. The Morgan fingerprint density at radius 1 is 1.27 bits per heavy atom. The van der Waals surface area contributed by atoms with Gasteiger partial charge in [0, 0.05) is 25.2 Å². The second-order valence-corrected chi connectivity index (χ2v) is 4.78. The van der Waals surface area contributed by atoms with Crippen molar-refractivity contribution < 1.29 is 9.53 Å². The Labute approximate surface area is 128 Å². The smallest absolute Gasteiger partial charge is 0.266 e. The number of amides is 1. The lowest BCUT2D eigenvalue weighted by Gasteiger charge is -2.07. The number of carbonyl (C=O) groups excluding carboxylic acids is 1. The molecule has 2 rings (SSSR count). The van der Waals surface area contributed by atoms with Gasteiger partial charge in [-0.1, -0.05) is 12.1 Å². The number of carbonyl (C=O) groups is 1. The minimum Gasteiger partial charge on any atom is -0.497 e. The molecule has 0 aliphatic carbocycles. The first-order valence-corrected chi connectivity index (χ1v) is 7.11. The van der Waals surface area contributed by atoms with Gasteiger partial charge in [0.05, 0.1) is 13.7 Å². The standard InChI is InChI=1S/C16H19N3O3/c1-22-14-7-4-13(5-8-14)6-9-15(20)17-11-12-19-16(21)3-2-10-18-19/h2-5,7-8,10H,6,9,11-12H2,1H3,(H,17,20). The molecule has 0 spiro atoms. The van der Waals surface area contributed by atoms with Crippen LogP contribution in [0.3, 0.4) is 0 Å². The van der Waals surface area contributed by atoms with Crippen molar-refractivity contribution >= 4 is 5.91 Å². The van der Waals surface area contributed by atoms with Gasteiger partial charge >= 0.3 is 0 Å². The molecule has 0 unspecified atom stereocenters. The second kappa shape index (κ2) is 7.97. The van der Waals surface area contributed by atoms with Crippen LogP contribution in [0.15, 0.2) is 47.4 Å². The summed E-state index contributed by atoms with van der Waals surface area (Å²) in [7, 11) is 1.62. The van der Waals surface area contributed by atoms with Gasteiger partial charge in [0.15, 0.2) is 0 Å². The van der Waals surface area contributed by atoms with Crippen LogP contribution in [-0.2, 0) is 17.8 Å². The Kier molecular flexibility index (Phi) is 5.71. The third kappa shape index (κ3) is 4.73. The fraction of sp³-hybridized carbons (Fsp3) is 0.312. The number of nitrogens with zero attached hydrogens (tertiary/aromatic N) is 2. The summed E-state index contributed by atoms with van der Waals surface area (Å²) in [5.74, 6) is 0.758. The van der Waals surface area contributed by atoms with E-state index in [9.17, 15) is 9.59 Å². The molecule has 0 aliphatic heterocycles. The molecule has 22 heavy (non-hydrogen) atoms. The Morgan fingerprint density at radius 3 is 2.73 bits per heavy atom. The van der Waals surface area contributed by atoms with Gasteiger partial charge in [-0.15, -0.1) is 0 Å². The number of rotatable bonds is 7. The monoisotopic (exact) mass is 301 g/mol. The van der Waals surface area contributed by atoms with Crippen LogP contribution in [-0.4, -0.2) is 29.3 Å². The van der Waals surface area contributed by atoms with Crippen molar-refractivity contribution in [3.05, 3.63) is 58.5 Å². The highest BCUT2D eigenvalue weighted by atomic mass is 16.5. The number of aryl methyl sites for hydroxylation is 1. The van der Waals surface area contributed by atoms with Crippen molar-refractivity contribution in [1.29, 1.82) is 0 Å². The highest BCUT2D eigenvalue weighted by Crippen LogP contribution is 2.12. The normalized spacial score (nSPS) is 10.2. The summed E-state index contributed by atoms with van der Waals surface area (Å²) >= 11 is 0. The van der Waals surface area contributed by atoms with Crippen LogP contribution in [0.5, 0.6) is 5.75 Å². The van der Waals surface area contributed by atoms with Crippen molar-refractivity contribution in [2.24, 2.45) is 0 Å². The summed E-state index contributed by atoms with van der Waals surface area (Å²) in [5.41, 5.74) is 0.909. The molecule has 1 aromatic carbocycles. The minimum atomic E-state index is -0.171. The van der Waals surface area contributed by atoms with E-state index in [-0.39, 0.29) is 11.5 Å². The number of hydrogen-bond acceptors (Lipinski definition) is 4. The Hall–Kier alpha value is -2.63. The van der Waals surface area contributed by atoms with Crippen LogP contribution in [0, 0.1) is 0 Å². The summed E-state index contributed by atoms with van der Waals surface area (Å²) < 4.78 is 6.41. The summed E-state index contributed by atoms with van der Waals surface area (Å²) in [6.45, 7) is 0.756. The van der Waals surface area contributed by atoms with Crippen molar-refractivity contribution in [1.82, 2.24) is 15.1 Å². The van der Waals surface area contributed by atoms with Crippen LogP contribution in [0.1, 0.15) is 12.0 Å². The molecule has 0 aliphatic rings. The summed E-state index contributed by atoms with van der Waals surface area (Å²) in [5, 5.41) is 6.71. The molecule has 0 bridgehead atoms.